The second-order valence-electron chi connectivity index (χ2n) is 6.01. The molecule has 0 aliphatic carbocycles. The van der Waals surface area contributed by atoms with Crippen molar-refractivity contribution in [1.29, 1.82) is 0 Å². The summed E-state index contributed by atoms with van der Waals surface area (Å²) in [6.45, 7) is 14.7. The molecule has 0 fully saturated rings. The van der Waals surface area contributed by atoms with Gasteiger partial charge < -0.3 is 10.6 Å². The summed E-state index contributed by atoms with van der Waals surface area (Å²) in [6.07, 6.45) is 2.16. The van der Waals surface area contributed by atoms with E-state index in [1.807, 2.05) is 0 Å². The van der Waals surface area contributed by atoms with Gasteiger partial charge in [0, 0.05) is 12.6 Å². The highest BCUT2D eigenvalue weighted by molar-refractivity contribution is 4.91. The number of likely N-dealkylation sites (N-methyl/N-ethyl adjacent to an activating group) is 1. The van der Waals surface area contributed by atoms with Crippen molar-refractivity contribution >= 4 is 0 Å². The molecule has 0 aliphatic rings. The molecule has 1 unspecified atom stereocenters. The Morgan fingerprint density at radius 3 is 2.33 bits per heavy atom. The average molecular weight is 212 g/mol. The molecular formula is C13H28N2. The highest BCUT2D eigenvalue weighted by atomic mass is 15.1. The maximum atomic E-state index is 6.09. The number of nitrogens with zero attached hydrogens (tertiary/aromatic N) is 1. The molecule has 90 valence electrons. The topological polar surface area (TPSA) is 29.3 Å². The molecule has 0 bridgehead atoms. The lowest BCUT2D eigenvalue weighted by Crippen LogP contribution is -2.31. The van der Waals surface area contributed by atoms with Crippen LogP contribution in [0.3, 0.4) is 0 Å². The molecule has 2 nitrogen and oxygen atoms in total. The van der Waals surface area contributed by atoms with E-state index in [1.54, 1.807) is 0 Å². The van der Waals surface area contributed by atoms with Crippen LogP contribution in [0.2, 0.25) is 0 Å². The van der Waals surface area contributed by atoms with Crippen LogP contribution < -0.4 is 5.73 Å². The fourth-order valence-electron chi connectivity index (χ4n) is 1.81. The lowest BCUT2D eigenvalue weighted by Gasteiger charge is -2.25. The van der Waals surface area contributed by atoms with Crippen LogP contribution in [0.1, 0.15) is 40.5 Å². The van der Waals surface area contributed by atoms with Gasteiger partial charge in [-0.3, -0.25) is 0 Å². The van der Waals surface area contributed by atoms with E-state index in [-0.39, 0.29) is 0 Å². The Kier molecular flexibility index (Phi) is 6.15. The summed E-state index contributed by atoms with van der Waals surface area (Å²) in [4.78, 5) is 2.28. The Labute approximate surface area is 95.5 Å². The first kappa shape index (κ1) is 14.7. The molecule has 0 aromatic carbocycles. The zero-order valence-electron chi connectivity index (χ0n) is 11.1. The second kappa shape index (κ2) is 6.29. The van der Waals surface area contributed by atoms with E-state index in [2.05, 4.69) is 46.2 Å². The maximum Gasteiger partial charge on any atom is 0.0184 e. The van der Waals surface area contributed by atoms with E-state index in [1.165, 1.54) is 5.57 Å². The van der Waals surface area contributed by atoms with Crippen LogP contribution in [0, 0.1) is 5.41 Å². The van der Waals surface area contributed by atoms with Gasteiger partial charge in [0.2, 0.25) is 0 Å². The van der Waals surface area contributed by atoms with Crippen molar-refractivity contribution in [1.82, 2.24) is 4.90 Å². The normalized spacial score (nSPS) is 14.3. The molecule has 2 N–H and O–H groups in total. The van der Waals surface area contributed by atoms with E-state index in [9.17, 15) is 0 Å². The lowest BCUT2D eigenvalue weighted by atomic mass is 9.87. The van der Waals surface area contributed by atoms with Gasteiger partial charge >= 0.3 is 0 Å². The monoisotopic (exact) mass is 212 g/mol. The third kappa shape index (κ3) is 9.95. The van der Waals surface area contributed by atoms with Crippen molar-refractivity contribution in [3.63, 3.8) is 0 Å². The molecule has 0 aliphatic heterocycles. The third-order valence-corrected chi connectivity index (χ3v) is 2.30. The summed E-state index contributed by atoms with van der Waals surface area (Å²) in [6, 6.07) is 0.317. The van der Waals surface area contributed by atoms with E-state index >= 15 is 0 Å². The lowest BCUT2D eigenvalue weighted by molar-refractivity contribution is 0.293. The van der Waals surface area contributed by atoms with Crippen LogP contribution in [0.5, 0.6) is 0 Å². The number of hydrogen-bond donors (Lipinski definition) is 1. The van der Waals surface area contributed by atoms with Crippen molar-refractivity contribution in [2.24, 2.45) is 11.1 Å². The van der Waals surface area contributed by atoms with Crippen LogP contribution in [-0.2, 0) is 0 Å². The van der Waals surface area contributed by atoms with Gasteiger partial charge in [0.1, 0.15) is 0 Å². The molecule has 0 aromatic heterocycles. The molecule has 0 heterocycles. The molecule has 0 spiro atoms. The summed E-state index contributed by atoms with van der Waals surface area (Å²) < 4.78 is 0. The Hall–Kier alpha value is -0.340. The summed E-state index contributed by atoms with van der Waals surface area (Å²) in [7, 11) is 2.12. The van der Waals surface area contributed by atoms with Crippen LogP contribution in [0.15, 0.2) is 12.2 Å². The summed E-state index contributed by atoms with van der Waals surface area (Å²) in [5.74, 6) is 0. The van der Waals surface area contributed by atoms with Crippen molar-refractivity contribution in [2.75, 3.05) is 20.1 Å². The smallest absolute Gasteiger partial charge is 0.0184 e. The first-order valence-electron chi connectivity index (χ1n) is 5.79. The van der Waals surface area contributed by atoms with Gasteiger partial charge in [-0.2, -0.15) is 0 Å². The highest BCUT2D eigenvalue weighted by Crippen LogP contribution is 2.21. The third-order valence-electron chi connectivity index (χ3n) is 2.30. The molecule has 1 atom stereocenters. The first-order valence-corrected chi connectivity index (χ1v) is 5.79. The predicted molar refractivity (Wildman–Crippen MR) is 69.0 cm³/mol. The van der Waals surface area contributed by atoms with E-state index in [0.29, 0.717) is 11.5 Å². The average Bonchev–Trinajstić information content (AvgIpc) is 1.96. The van der Waals surface area contributed by atoms with Gasteiger partial charge in [0.15, 0.2) is 0 Å². The van der Waals surface area contributed by atoms with Crippen LogP contribution in [0.25, 0.3) is 0 Å². The Morgan fingerprint density at radius 2 is 1.93 bits per heavy atom. The van der Waals surface area contributed by atoms with Gasteiger partial charge in [0.05, 0.1) is 0 Å². The second-order valence-corrected chi connectivity index (χ2v) is 6.01. The minimum absolute atomic E-state index is 0.317. The zero-order valence-corrected chi connectivity index (χ0v) is 11.1. The van der Waals surface area contributed by atoms with Gasteiger partial charge in [-0.05, 0) is 38.8 Å². The van der Waals surface area contributed by atoms with E-state index in [4.69, 9.17) is 5.73 Å². The fraction of sp³-hybridized carbons (Fsp3) is 0.846. The summed E-state index contributed by atoms with van der Waals surface area (Å²) in [5, 5.41) is 0. The maximum absolute atomic E-state index is 6.09. The van der Waals surface area contributed by atoms with E-state index < -0.39 is 0 Å². The standard InChI is InChI=1S/C13H28N2/c1-11(2)10-15(6)8-7-12(14)9-13(3,4)5/h12H,1,7-10,14H2,2-6H3. The largest absolute Gasteiger partial charge is 0.328 e. The molecule has 0 saturated carbocycles. The number of nitrogens with two attached hydrogens (primary N) is 1. The van der Waals surface area contributed by atoms with Gasteiger partial charge in [-0.15, -0.1) is 0 Å². The summed E-state index contributed by atoms with van der Waals surface area (Å²) in [5.41, 5.74) is 7.64. The zero-order chi connectivity index (χ0) is 12.1. The van der Waals surface area contributed by atoms with Crippen molar-refractivity contribution < 1.29 is 0 Å². The Bertz CT molecular complexity index is 191. The molecule has 0 amide bonds. The van der Waals surface area contributed by atoms with Gasteiger partial charge in [-0.1, -0.05) is 32.9 Å². The number of hydrogen-bond acceptors (Lipinski definition) is 2. The first-order chi connectivity index (χ1) is 6.70. The summed E-state index contributed by atoms with van der Waals surface area (Å²) >= 11 is 0. The van der Waals surface area contributed by atoms with Crippen LogP contribution >= 0.6 is 0 Å². The SMILES string of the molecule is C=C(C)CN(C)CCC(N)CC(C)(C)C. The molecule has 2 heteroatoms. The van der Waals surface area contributed by atoms with Crippen molar-refractivity contribution in [3.8, 4) is 0 Å². The molecular weight excluding hydrogens is 184 g/mol. The van der Waals surface area contributed by atoms with Gasteiger partial charge in [-0.25, -0.2) is 0 Å². The van der Waals surface area contributed by atoms with Crippen molar-refractivity contribution in [3.05, 3.63) is 12.2 Å². The van der Waals surface area contributed by atoms with Crippen LogP contribution in [0.4, 0.5) is 0 Å². The molecule has 15 heavy (non-hydrogen) atoms. The van der Waals surface area contributed by atoms with Crippen molar-refractivity contribution in [2.45, 2.75) is 46.6 Å². The van der Waals surface area contributed by atoms with Crippen LogP contribution in [-0.4, -0.2) is 31.1 Å². The molecule has 0 rings (SSSR count). The quantitative estimate of drug-likeness (QED) is 0.686. The molecule has 0 radical (unpaired) electrons. The molecule has 0 aromatic rings. The minimum Gasteiger partial charge on any atom is -0.328 e. The van der Waals surface area contributed by atoms with Gasteiger partial charge in [0.25, 0.3) is 0 Å². The fourth-order valence-corrected chi connectivity index (χ4v) is 1.81. The Morgan fingerprint density at radius 1 is 1.40 bits per heavy atom. The number of rotatable bonds is 6. The predicted octanol–water partition coefficient (Wildman–Crippen LogP) is 2.65. The highest BCUT2D eigenvalue weighted by Gasteiger charge is 2.15. The molecule has 0 saturated heterocycles. The minimum atomic E-state index is 0.317. The Balaban J connectivity index is 3.71. The van der Waals surface area contributed by atoms with E-state index in [0.717, 1.165) is 25.9 Å².